The van der Waals surface area contributed by atoms with Crippen LogP contribution in [0, 0.1) is 11.6 Å². The van der Waals surface area contributed by atoms with Crippen LogP contribution in [-0.2, 0) is 6.42 Å². The molecule has 1 nitrogen and oxygen atoms in total. The van der Waals surface area contributed by atoms with E-state index < -0.39 is 23.9 Å². The third-order valence-corrected chi connectivity index (χ3v) is 3.94. The molecule has 1 aliphatic rings. The van der Waals surface area contributed by atoms with E-state index in [-0.39, 0.29) is 12.2 Å². The molecular formula is C17H10ClF5O. The van der Waals surface area contributed by atoms with Crippen molar-refractivity contribution < 1.29 is 26.7 Å². The molecule has 0 aliphatic carbocycles. The molecule has 3 rings (SSSR count). The molecule has 0 saturated heterocycles. The minimum atomic E-state index is -4.52. The van der Waals surface area contributed by atoms with Crippen LogP contribution in [0.25, 0.3) is 6.08 Å². The summed E-state index contributed by atoms with van der Waals surface area (Å²) >= 11 is 6.13. The first-order valence-corrected chi connectivity index (χ1v) is 7.30. The van der Waals surface area contributed by atoms with Crippen molar-refractivity contribution in [3.8, 4) is 5.75 Å². The number of hydrogen-bond donors (Lipinski definition) is 0. The zero-order chi connectivity index (χ0) is 17.5. The summed E-state index contributed by atoms with van der Waals surface area (Å²) in [6.45, 7) is 0. The Hall–Kier alpha value is -2.08. The van der Waals surface area contributed by atoms with E-state index in [1.807, 2.05) is 0 Å². The van der Waals surface area contributed by atoms with Crippen LogP contribution >= 0.6 is 11.6 Å². The van der Waals surface area contributed by atoms with E-state index >= 15 is 0 Å². The summed E-state index contributed by atoms with van der Waals surface area (Å²) in [5.74, 6) is -1.93. The third-order valence-electron chi connectivity index (χ3n) is 3.58. The lowest BCUT2D eigenvalue weighted by Gasteiger charge is -2.24. The van der Waals surface area contributed by atoms with Gasteiger partial charge in [0.25, 0.3) is 0 Å². The first-order chi connectivity index (χ1) is 11.2. The van der Waals surface area contributed by atoms with Gasteiger partial charge < -0.3 is 4.74 Å². The van der Waals surface area contributed by atoms with Crippen molar-refractivity contribution in [3.05, 3.63) is 69.8 Å². The maximum Gasteiger partial charge on any atom is 0.429 e. The van der Waals surface area contributed by atoms with Gasteiger partial charge in [0.15, 0.2) is 11.6 Å². The molecule has 0 aromatic heterocycles. The summed E-state index contributed by atoms with van der Waals surface area (Å²) in [5, 5.41) is 0.303. The van der Waals surface area contributed by atoms with E-state index in [0.29, 0.717) is 21.7 Å². The Morgan fingerprint density at radius 3 is 2.46 bits per heavy atom. The van der Waals surface area contributed by atoms with E-state index in [0.717, 1.165) is 18.2 Å². The van der Waals surface area contributed by atoms with Gasteiger partial charge >= 0.3 is 6.18 Å². The number of halogens is 6. The van der Waals surface area contributed by atoms with Gasteiger partial charge in [0.05, 0.1) is 0 Å². The van der Waals surface area contributed by atoms with Gasteiger partial charge in [-0.2, -0.15) is 13.2 Å². The lowest BCUT2D eigenvalue weighted by atomic mass is 10.0. The van der Waals surface area contributed by atoms with E-state index in [2.05, 4.69) is 0 Å². The van der Waals surface area contributed by atoms with E-state index in [4.69, 9.17) is 16.3 Å². The summed E-state index contributed by atoms with van der Waals surface area (Å²) in [5.41, 5.74) is 1.32. The summed E-state index contributed by atoms with van der Waals surface area (Å²) in [7, 11) is 0. The highest BCUT2D eigenvalue weighted by Gasteiger charge is 2.41. The molecule has 1 heterocycles. The predicted molar refractivity (Wildman–Crippen MR) is 80.1 cm³/mol. The van der Waals surface area contributed by atoms with Crippen LogP contribution in [-0.4, -0.2) is 12.3 Å². The third kappa shape index (κ3) is 3.38. The van der Waals surface area contributed by atoms with Crippen LogP contribution in [0.2, 0.25) is 5.02 Å². The highest BCUT2D eigenvalue weighted by Crippen LogP contribution is 2.36. The zero-order valence-electron chi connectivity index (χ0n) is 12.0. The van der Waals surface area contributed by atoms with Crippen LogP contribution < -0.4 is 4.74 Å². The second kappa shape index (κ2) is 6.09. The molecule has 1 unspecified atom stereocenters. The van der Waals surface area contributed by atoms with E-state index in [1.54, 1.807) is 0 Å². The first-order valence-electron chi connectivity index (χ1n) is 6.92. The number of hydrogen-bond acceptors (Lipinski definition) is 1. The Bertz CT molecular complexity index is 813. The molecule has 0 radical (unpaired) electrons. The maximum absolute atomic E-state index is 13.3. The minimum absolute atomic E-state index is 0.0433. The molecule has 0 bridgehead atoms. The fourth-order valence-corrected chi connectivity index (χ4v) is 2.63. The molecule has 24 heavy (non-hydrogen) atoms. The van der Waals surface area contributed by atoms with Crippen molar-refractivity contribution in [3.63, 3.8) is 0 Å². The molecule has 2 aromatic carbocycles. The van der Waals surface area contributed by atoms with Gasteiger partial charge in [-0.1, -0.05) is 23.7 Å². The Morgan fingerprint density at radius 2 is 1.79 bits per heavy atom. The molecular weight excluding hydrogens is 351 g/mol. The summed E-state index contributed by atoms with van der Waals surface area (Å²) < 4.78 is 69.5. The lowest BCUT2D eigenvalue weighted by molar-refractivity contribution is -0.180. The standard InChI is InChI=1S/C17H10ClF5O/c18-12-7-10-2-4-16(17(21,22)23)24-15(10)8-11(12)5-9-1-3-13(19)14(20)6-9/h1-4,6-8,16H,5H2. The second-order valence-corrected chi connectivity index (χ2v) is 5.75. The smallest absolute Gasteiger partial charge is 0.429 e. The molecule has 0 spiro atoms. The molecule has 0 N–H and O–H groups in total. The molecule has 0 amide bonds. The van der Waals surface area contributed by atoms with Crippen LogP contribution in [0.5, 0.6) is 5.75 Å². The fourth-order valence-electron chi connectivity index (χ4n) is 2.39. The number of benzene rings is 2. The van der Waals surface area contributed by atoms with Crippen molar-refractivity contribution >= 4 is 17.7 Å². The average Bonchev–Trinajstić information content (AvgIpc) is 2.50. The summed E-state index contributed by atoms with van der Waals surface area (Å²) in [4.78, 5) is 0. The number of ether oxygens (including phenoxy) is 1. The monoisotopic (exact) mass is 360 g/mol. The number of fused-ring (bicyclic) bond motifs is 1. The van der Waals surface area contributed by atoms with Gasteiger partial charge in [0.1, 0.15) is 5.75 Å². The van der Waals surface area contributed by atoms with Crippen molar-refractivity contribution in [1.82, 2.24) is 0 Å². The van der Waals surface area contributed by atoms with Crippen molar-refractivity contribution in [1.29, 1.82) is 0 Å². The number of rotatable bonds is 2. The lowest BCUT2D eigenvalue weighted by Crippen LogP contribution is -2.33. The minimum Gasteiger partial charge on any atom is -0.476 e. The molecule has 1 aliphatic heterocycles. The van der Waals surface area contributed by atoms with Gasteiger partial charge in [0, 0.05) is 10.6 Å². The normalized spacial score (nSPS) is 16.7. The maximum atomic E-state index is 13.3. The van der Waals surface area contributed by atoms with Gasteiger partial charge in [-0.25, -0.2) is 8.78 Å². The Balaban J connectivity index is 1.91. The summed E-state index contributed by atoms with van der Waals surface area (Å²) in [6, 6.07) is 6.25. The Morgan fingerprint density at radius 1 is 1.04 bits per heavy atom. The van der Waals surface area contributed by atoms with Crippen LogP contribution in [0.4, 0.5) is 22.0 Å². The summed E-state index contributed by atoms with van der Waals surface area (Å²) in [6.07, 6.45) is -4.21. The predicted octanol–water partition coefficient (Wildman–Crippen LogP) is 5.55. The SMILES string of the molecule is Fc1ccc(Cc2cc3c(cc2Cl)C=CC(C(F)(F)F)O3)cc1F. The molecule has 126 valence electrons. The van der Waals surface area contributed by atoms with Crippen molar-refractivity contribution in [2.45, 2.75) is 18.7 Å². The second-order valence-electron chi connectivity index (χ2n) is 5.35. The molecule has 7 heteroatoms. The highest BCUT2D eigenvalue weighted by atomic mass is 35.5. The van der Waals surface area contributed by atoms with Crippen molar-refractivity contribution in [2.24, 2.45) is 0 Å². The molecule has 0 fully saturated rings. The van der Waals surface area contributed by atoms with Crippen LogP contribution in [0.15, 0.2) is 36.4 Å². The van der Waals surface area contributed by atoms with Gasteiger partial charge in [-0.05, 0) is 47.9 Å². The highest BCUT2D eigenvalue weighted by molar-refractivity contribution is 6.31. The van der Waals surface area contributed by atoms with E-state index in [1.165, 1.54) is 24.3 Å². The van der Waals surface area contributed by atoms with Gasteiger partial charge in [-0.3, -0.25) is 0 Å². The van der Waals surface area contributed by atoms with Gasteiger partial charge in [-0.15, -0.1) is 0 Å². The van der Waals surface area contributed by atoms with Crippen LogP contribution in [0.3, 0.4) is 0 Å². The molecule has 0 saturated carbocycles. The number of alkyl halides is 3. The largest absolute Gasteiger partial charge is 0.476 e. The Kier molecular flexibility index (Phi) is 4.25. The quantitative estimate of drug-likeness (QED) is 0.638. The van der Waals surface area contributed by atoms with Gasteiger partial charge in [0.2, 0.25) is 6.10 Å². The Labute approximate surface area is 139 Å². The van der Waals surface area contributed by atoms with E-state index in [9.17, 15) is 22.0 Å². The molecule has 1 atom stereocenters. The zero-order valence-corrected chi connectivity index (χ0v) is 12.8. The average molecular weight is 361 g/mol. The molecule has 2 aromatic rings. The topological polar surface area (TPSA) is 9.23 Å². The first kappa shape index (κ1) is 16.8. The van der Waals surface area contributed by atoms with Crippen molar-refractivity contribution in [2.75, 3.05) is 0 Å². The van der Waals surface area contributed by atoms with Crippen LogP contribution in [0.1, 0.15) is 16.7 Å². The fraction of sp³-hybridized carbons (Fsp3) is 0.176.